The lowest BCUT2D eigenvalue weighted by molar-refractivity contribution is -0.384. The summed E-state index contributed by atoms with van der Waals surface area (Å²) < 4.78 is 7.55. The van der Waals surface area contributed by atoms with Crippen LogP contribution in [0, 0.1) is 33.3 Å². The molecule has 4 bridgehead atoms. The van der Waals surface area contributed by atoms with Crippen LogP contribution in [0.1, 0.15) is 38.5 Å². The fourth-order valence-corrected chi connectivity index (χ4v) is 8.09. The van der Waals surface area contributed by atoms with E-state index in [-0.39, 0.29) is 11.1 Å². The summed E-state index contributed by atoms with van der Waals surface area (Å²) in [6.45, 7) is 0. The number of nitro groups is 1. The van der Waals surface area contributed by atoms with E-state index in [4.69, 9.17) is 9.72 Å². The Kier molecular flexibility index (Phi) is 5.17. The van der Waals surface area contributed by atoms with E-state index in [0.717, 1.165) is 48.2 Å². The van der Waals surface area contributed by atoms with Gasteiger partial charge in [-0.1, -0.05) is 23.9 Å². The molecule has 0 spiro atoms. The number of hydrogen-bond donors (Lipinski definition) is 0. The molecular formula is C26H27N3O4S. The zero-order valence-electron chi connectivity index (χ0n) is 19.1. The van der Waals surface area contributed by atoms with Gasteiger partial charge in [0, 0.05) is 17.5 Å². The van der Waals surface area contributed by atoms with Crippen molar-refractivity contribution in [3.63, 3.8) is 0 Å². The number of ketones is 1. The molecule has 176 valence electrons. The first-order valence-corrected chi connectivity index (χ1v) is 12.9. The number of imidazole rings is 1. The lowest BCUT2D eigenvalue weighted by Crippen LogP contribution is -2.50. The van der Waals surface area contributed by atoms with E-state index in [1.807, 2.05) is 28.8 Å². The Morgan fingerprint density at radius 2 is 1.82 bits per heavy atom. The first-order chi connectivity index (χ1) is 16.5. The fourth-order valence-electron chi connectivity index (χ4n) is 7.04. The van der Waals surface area contributed by atoms with Gasteiger partial charge in [0.05, 0.1) is 34.5 Å². The van der Waals surface area contributed by atoms with Crippen LogP contribution in [-0.4, -0.2) is 33.1 Å². The van der Waals surface area contributed by atoms with Crippen molar-refractivity contribution in [1.82, 2.24) is 9.55 Å². The van der Waals surface area contributed by atoms with Crippen LogP contribution < -0.4 is 4.74 Å². The van der Waals surface area contributed by atoms with Crippen molar-refractivity contribution in [2.24, 2.45) is 23.2 Å². The van der Waals surface area contributed by atoms with Gasteiger partial charge in [0.1, 0.15) is 11.5 Å². The Morgan fingerprint density at radius 1 is 1.15 bits per heavy atom. The second kappa shape index (κ2) is 8.12. The van der Waals surface area contributed by atoms with Gasteiger partial charge in [-0.3, -0.25) is 19.5 Å². The molecule has 4 aliphatic rings. The summed E-state index contributed by atoms with van der Waals surface area (Å²) in [6, 6.07) is 12.3. The Labute approximate surface area is 202 Å². The molecule has 7 rings (SSSR count). The SMILES string of the molecule is COc1ccccc1-n1c(SCC(=O)C23CC4CC(CC(C4)C2)C3)nc2cc([N+](=O)[O-])ccc21. The molecule has 7 nitrogen and oxygen atoms in total. The maximum absolute atomic E-state index is 13.6. The maximum Gasteiger partial charge on any atom is 0.271 e. The number of aromatic nitrogens is 2. The van der Waals surface area contributed by atoms with E-state index in [1.165, 1.54) is 43.2 Å². The van der Waals surface area contributed by atoms with E-state index in [2.05, 4.69) is 0 Å². The molecule has 0 aliphatic heterocycles. The lowest BCUT2D eigenvalue weighted by atomic mass is 9.48. The molecule has 3 aromatic rings. The Balaban J connectivity index is 1.36. The number of carbonyl (C=O) groups excluding carboxylic acids is 1. The molecule has 4 saturated carbocycles. The van der Waals surface area contributed by atoms with E-state index >= 15 is 0 Å². The van der Waals surface area contributed by atoms with Crippen molar-refractivity contribution in [2.45, 2.75) is 43.7 Å². The van der Waals surface area contributed by atoms with Gasteiger partial charge in [0.15, 0.2) is 5.16 Å². The monoisotopic (exact) mass is 477 g/mol. The van der Waals surface area contributed by atoms with E-state index in [1.54, 1.807) is 13.2 Å². The highest BCUT2D eigenvalue weighted by atomic mass is 32.2. The van der Waals surface area contributed by atoms with Crippen LogP contribution in [0.15, 0.2) is 47.6 Å². The number of rotatable bonds is 7. The molecule has 0 unspecified atom stereocenters. The van der Waals surface area contributed by atoms with Crippen LogP contribution in [0.5, 0.6) is 5.75 Å². The Bertz CT molecular complexity index is 1270. The Hall–Kier alpha value is -2.87. The summed E-state index contributed by atoms with van der Waals surface area (Å²) in [5, 5.41) is 12.0. The minimum atomic E-state index is -0.412. The molecule has 4 aliphatic carbocycles. The highest BCUT2D eigenvalue weighted by molar-refractivity contribution is 7.99. The van der Waals surface area contributed by atoms with Crippen molar-refractivity contribution in [3.05, 3.63) is 52.6 Å². The predicted molar refractivity (Wildman–Crippen MR) is 131 cm³/mol. The van der Waals surface area contributed by atoms with Crippen LogP contribution in [0.3, 0.4) is 0 Å². The zero-order valence-corrected chi connectivity index (χ0v) is 19.9. The van der Waals surface area contributed by atoms with Crippen LogP contribution in [-0.2, 0) is 4.79 Å². The molecule has 2 aromatic carbocycles. The molecule has 0 atom stereocenters. The highest BCUT2D eigenvalue weighted by Gasteiger charge is 2.54. The van der Waals surface area contributed by atoms with Gasteiger partial charge in [-0.2, -0.15) is 0 Å². The van der Waals surface area contributed by atoms with Crippen molar-refractivity contribution in [1.29, 1.82) is 0 Å². The number of ether oxygens (including phenoxy) is 1. The standard InChI is InChI=1S/C26H27N3O4S/c1-33-23-5-3-2-4-22(23)28-21-7-6-19(29(31)32)11-20(21)27-25(28)34-15-24(30)26-12-16-8-17(13-26)10-18(9-16)14-26/h2-7,11,16-18H,8-10,12-15H2,1H3. The number of benzene rings is 2. The van der Waals surface area contributed by atoms with E-state index < -0.39 is 4.92 Å². The third kappa shape index (κ3) is 3.50. The molecule has 0 N–H and O–H groups in total. The number of non-ortho nitro benzene ring substituents is 1. The van der Waals surface area contributed by atoms with Crippen molar-refractivity contribution in [3.8, 4) is 11.4 Å². The average molecular weight is 478 g/mol. The Morgan fingerprint density at radius 3 is 2.47 bits per heavy atom. The number of para-hydroxylation sites is 2. The summed E-state index contributed by atoms with van der Waals surface area (Å²) in [5.41, 5.74) is 1.93. The minimum absolute atomic E-state index is 0.00151. The summed E-state index contributed by atoms with van der Waals surface area (Å²) in [4.78, 5) is 29.3. The summed E-state index contributed by atoms with van der Waals surface area (Å²) in [6.07, 6.45) is 7.07. The topological polar surface area (TPSA) is 87.3 Å². The predicted octanol–water partition coefficient (Wildman–Crippen LogP) is 5.82. The van der Waals surface area contributed by atoms with Crippen molar-refractivity contribution >= 4 is 34.3 Å². The van der Waals surface area contributed by atoms with E-state index in [9.17, 15) is 14.9 Å². The molecule has 1 heterocycles. The number of thioether (sulfide) groups is 1. The lowest BCUT2D eigenvalue weighted by Gasteiger charge is -2.56. The first kappa shape index (κ1) is 21.6. The maximum atomic E-state index is 13.6. The molecule has 34 heavy (non-hydrogen) atoms. The average Bonchev–Trinajstić information content (AvgIpc) is 3.19. The number of hydrogen-bond acceptors (Lipinski definition) is 6. The van der Waals surface area contributed by atoms with Crippen molar-refractivity contribution in [2.75, 3.05) is 12.9 Å². The fraction of sp³-hybridized carbons (Fsp3) is 0.462. The van der Waals surface area contributed by atoms with Crippen molar-refractivity contribution < 1.29 is 14.5 Å². The molecule has 0 saturated heterocycles. The summed E-state index contributed by atoms with van der Waals surface area (Å²) >= 11 is 1.44. The van der Waals surface area contributed by atoms with Crippen LogP contribution in [0.2, 0.25) is 0 Å². The molecule has 0 radical (unpaired) electrons. The van der Waals surface area contributed by atoms with Crippen LogP contribution in [0.4, 0.5) is 5.69 Å². The van der Waals surface area contributed by atoms with Gasteiger partial charge in [-0.25, -0.2) is 4.98 Å². The summed E-state index contributed by atoms with van der Waals surface area (Å²) in [5.74, 6) is 3.56. The third-order valence-electron chi connectivity index (χ3n) is 8.11. The molecule has 0 amide bonds. The summed E-state index contributed by atoms with van der Waals surface area (Å²) in [7, 11) is 1.62. The quantitative estimate of drug-likeness (QED) is 0.242. The molecule has 8 heteroatoms. The number of carbonyl (C=O) groups is 1. The zero-order chi connectivity index (χ0) is 23.4. The smallest absolute Gasteiger partial charge is 0.271 e. The molecule has 1 aromatic heterocycles. The molecular weight excluding hydrogens is 450 g/mol. The van der Waals surface area contributed by atoms with Gasteiger partial charge in [0.25, 0.3) is 5.69 Å². The number of Topliss-reactive ketones (excluding diaryl/α,β-unsaturated/α-hetero) is 1. The third-order valence-corrected chi connectivity index (χ3v) is 9.04. The molecule has 4 fully saturated rings. The first-order valence-electron chi connectivity index (χ1n) is 11.9. The van der Waals surface area contributed by atoms with Crippen LogP contribution in [0.25, 0.3) is 16.7 Å². The number of methoxy groups -OCH3 is 1. The number of fused-ring (bicyclic) bond motifs is 1. The second-order valence-corrected chi connectivity index (χ2v) is 11.2. The van der Waals surface area contributed by atoms with Gasteiger partial charge in [0.2, 0.25) is 0 Å². The normalized spacial score (nSPS) is 27.3. The largest absolute Gasteiger partial charge is 0.495 e. The van der Waals surface area contributed by atoms with Gasteiger partial charge in [-0.15, -0.1) is 0 Å². The van der Waals surface area contributed by atoms with Gasteiger partial charge >= 0.3 is 0 Å². The highest BCUT2D eigenvalue weighted by Crippen LogP contribution is 2.60. The van der Waals surface area contributed by atoms with Gasteiger partial charge in [-0.05, 0) is 74.5 Å². The second-order valence-electron chi connectivity index (χ2n) is 10.2. The van der Waals surface area contributed by atoms with Gasteiger partial charge < -0.3 is 4.74 Å². The minimum Gasteiger partial charge on any atom is -0.495 e. The van der Waals surface area contributed by atoms with Crippen LogP contribution >= 0.6 is 11.8 Å². The van der Waals surface area contributed by atoms with E-state index in [0.29, 0.717) is 28.0 Å². The number of nitrogens with zero attached hydrogens (tertiary/aromatic N) is 3. The number of nitro benzene ring substituents is 1.